The summed E-state index contributed by atoms with van der Waals surface area (Å²) in [6.07, 6.45) is 9.00. The van der Waals surface area contributed by atoms with Crippen molar-refractivity contribution in [1.29, 1.82) is 0 Å². The minimum absolute atomic E-state index is 0.466. The van der Waals surface area contributed by atoms with Gasteiger partial charge in [0.15, 0.2) is 0 Å². The van der Waals surface area contributed by atoms with Crippen molar-refractivity contribution in [1.82, 2.24) is 15.3 Å². The summed E-state index contributed by atoms with van der Waals surface area (Å²) in [5.74, 6) is 0.879. The fourth-order valence-electron chi connectivity index (χ4n) is 2.92. The van der Waals surface area contributed by atoms with E-state index >= 15 is 0 Å². The number of rotatable bonds is 3. The third-order valence-electron chi connectivity index (χ3n) is 4.36. The normalized spacial score (nSPS) is 24.4. The second-order valence-corrected chi connectivity index (χ2v) is 6.94. The van der Waals surface area contributed by atoms with Crippen LogP contribution in [0.1, 0.15) is 57.8 Å². The van der Waals surface area contributed by atoms with Gasteiger partial charge in [-0.05, 0) is 43.9 Å². The fourth-order valence-corrected chi connectivity index (χ4v) is 2.92. The van der Waals surface area contributed by atoms with Crippen LogP contribution in [0.5, 0.6) is 0 Å². The number of aromatic nitrogens is 2. The molecule has 0 amide bonds. The topological polar surface area (TPSA) is 37.8 Å². The molecule has 1 N–H and O–H groups in total. The SMILES string of the molecule is Cc1cnc(CNC2CCC(C(C)(C)C)CC2)cn1. The zero-order chi connectivity index (χ0) is 13.9. The summed E-state index contributed by atoms with van der Waals surface area (Å²) in [7, 11) is 0. The first kappa shape index (κ1) is 14.4. The van der Waals surface area contributed by atoms with Gasteiger partial charge in [-0.3, -0.25) is 9.97 Å². The van der Waals surface area contributed by atoms with Crippen molar-refractivity contribution in [3.63, 3.8) is 0 Å². The van der Waals surface area contributed by atoms with E-state index in [1.807, 2.05) is 19.3 Å². The van der Waals surface area contributed by atoms with Crippen LogP contribution in [0.2, 0.25) is 0 Å². The van der Waals surface area contributed by atoms with Crippen LogP contribution in [-0.4, -0.2) is 16.0 Å². The van der Waals surface area contributed by atoms with Crippen LogP contribution in [0.15, 0.2) is 12.4 Å². The minimum Gasteiger partial charge on any atom is -0.308 e. The van der Waals surface area contributed by atoms with Crippen LogP contribution in [0.3, 0.4) is 0 Å². The lowest BCUT2D eigenvalue weighted by Gasteiger charge is -2.37. The van der Waals surface area contributed by atoms with Crippen LogP contribution in [-0.2, 0) is 6.54 Å². The van der Waals surface area contributed by atoms with Gasteiger partial charge >= 0.3 is 0 Å². The summed E-state index contributed by atoms with van der Waals surface area (Å²) in [4.78, 5) is 8.68. The van der Waals surface area contributed by atoms with Crippen molar-refractivity contribution < 1.29 is 0 Å². The Morgan fingerprint density at radius 2 is 1.79 bits per heavy atom. The summed E-state index contributed by atoms with van der Waals surface area (Å²) in [6.45, 7) is 9.92. The van der Waals surface area contributed by atoms with E-state index in [0.29, 0.717) is 11.5 Å². The summed E-state index contributed by atoms with van der Waals surface area (Å²) in [5.41, 5.74) is 2.49. The molecule has 3 heteroatoms. The highest BCUT2D eigenvalue weighted by Gasteiger charge is 2.29. The molecule has 2 rings (SSSR count). The second kappa shape index (κ2) is 6.00. The Labute approximate surface area is 117 Å². The van der Waals surface area contributed by atoms with E-state index in [0.717, 1.165) is 23.9 Å². The Morgan fingerprint density at radius 1 is 1.11 bits per heavy atom. The van der Waals surface area contributed by atoms with Crippen LogP contribution in [0.4, 0.5) is 0 Å². The minimum atomic E-state index is 0.466. The van der Waals surface area contributed by atoms with Gasteiger partial charge in [0.2, 0.25) is 0 Å². The summed E-state index contributed by atoms with van der Waals surface area (Å²) >= 11 is 0. The molecule has 1 aliphatic rings. The predicted octanol–water partition coefficient (Wildman–Crippen LogP) is 3.48. The highest BCUT2D eigenvalue weighted by molar-refractivity contribution is 5.00. The molecular formula is C16H27N3. The van der Waals surface area contributed by atoms with Gasteiger partial charge < -0.3 is 5.32 Å². The maximum Gasteiger partial charge on any atom is 0.0724 e. The first-order valence-electron chi connectivity index (χ1n) is 7.46. The standard InChI is InChI=1S/C16H27N3/c1-12-9-18-15(10-17-12)11-19-14-7-5-13(6-8-14)16(2,3)4/h9-10,13-14,19H,5-8,11H2,1-4H3. The Kier molecular flexibility index (Phi) is 4.56. The second-order valence-electron chi connectivity index (χ2n) is 6.94. The molecule has 19 heavy (non-hydrogen) atoms. The van der Waals surface area contributed by atoms with Crippen molar-refractivity contribution in [3.05, 3.63) is 23.8 Å². The number of hydrogen-bond acceptors (Lipinski definition) is 3. The van der Waals surface area contributed by atoms with Crippen LogP contribution >= 0.6 is 0 Å². The van der Waals surface area contributed by atoms with Crippen LogP contribution < -0.4 is 5.32 Å². The Morgan fingerprint density at radius 3 is 2.32 bits per heavy atom. The van der Waals surface area contributed by atoms with Gasteiger partial charge in [-0.1, -0.05) is 20.8 Å². The molecule has 0 aromatic carbocycles. The van der Waals surface area contributed by atoms with E-state index < -0.39 is 0 Å². The average Bonchev–Trinajstić information content (AvgIpc) is 2.37. The fraction of sp³-hybridized carbons (Fsp3) is 0.750. The van der Waals surface area contributed by atoms with Crippen LogP contribution in [0, 0.1) is 18.3 Å². The van der Waals surface area contributed by atoms with Gasteiger partial charge in [0.1, 0.15) is 0 Å². The van der Waals surface area contributed by atoms with E-state index in [9.17, 15) is 0 Å². The summed E-state index contributed by atoms with van der Waals surface area (Å²) in [5, 5.41) is 3.63. The van der Waals surface area contributed by atoms with Crippen LogP contribution in [0.25, 0.3) is 0 Å². The molecule has 1 heterocycles. The van der Waals surface area contributed by atoms with E-state index in [1.165, 1.54) is 25.7 Å². The molecule has 106 valence electrons. The first-order chi connectivity index (χ1) is 8.95. The van der Waals surface area contributed by atoms with Gasteiger partial charge in [0.25, 0.3) is 0 Å². The maximum atomic E-state index is 4.39. The molecule has 1 saturated carbocycles. The van der Waals surface area contributed by atoms with Gasteiger partial charge in [0.05, 0.1) is 11.4 Å². The maximum absolute atomic E-state index is 4.39. The van der Waals surface area contributed by atoms with Crippen molar-refractivity contribution in [2.75, 3.05) is 0 Å². The Balaban J connectivity index is 1.75. The molecule has 0 aliphatic heterocycles. The number of nitrogens with zero attached hydrogens (tertiary/aromatic N) is 2. The third kappa shape index (κ3) is 4.27. The molecule has 0 unspecified atom stereocenters. The number of aryl methyl sites for hydroxylation is 1. The number of hydrogen-bond donors (Lipinski definition) is 1. The van der Waals surface area contributed by atoms with Crippen molar-refractivity contribution in [2.24, 2.45) is 11.3 Å². The molecule has 1 aromatic heterocycles. The molecule has 0 bridgehead atoms. The Hall–Kier alpha value is -0.960. The first-order valence-corrected chi connectivity index (χ1v) is 7.46. The molecular weight excluding hydrogens is 234 g/mol. The summed E-state index contributed by atoms with van der Waals surface area (Å²) < 4.78 is 0. The smallest absolute Gasteiger partial charge is 0.0724 e. The molecule has 3 nitrogen and oxygen atoms in total. The lowest BCUT2D eigenvalue weighted by molar-refractivity contribution is 0.159. The zero-order valence-electron chi connectivity index (χ0n) is 12.7. The van der Waals surface area contributed by atoms with Crippen molar-refractivity contribution in [3.8, 4) is 0 Å². The monoisotopic (exact) mass is 261 g/mol. The molecule has 0 radical (unpaired) electrons. The zero-order valence-corrected chi connectivity index (χ0v) is 12.7. The quantitative estimate of drug-likeness (QED) is 0.905. The van der Waals surface area contributed by atoms with Gasteiger partial charge in [0, 0.05) is 25.0 Å². The highest BCUT2D eigenvalue weighted by Crippen LogP contribution is 2.37. The molecule has 1 fully saturated rings. The molecule has 0 atom stereocenters. The summed E-state index contributed by atoms with van der Waals surface area (Å²) in [6, 6.07) is 0.654. The van der Waals surface area contributed by atoms with E-state index in [1.54, 1.807) is 0 Å². The molecule has 1 aromatic rings. The largest absolute Gasteiger partial charge is 0.308 e. The third-order valence-corrected chi connectivity index (χ3v) is 4.36. The lowest BCUT2D eigenvalue weighted by atomic mass is 9.71. The van der Waals surface area contributed by atoms with Gasteiger partial charge in [-0.2, -0.15) is 0 Å². The Bertz CT molecular complexity index is 383. The molecule has 1 aliphatic carbocycles. The van der Waals surface area contributed by atoms with Gasteiger partial charge in [-0.15, -0.1) is 0 Å². The van der Waals surface area contributed by atoms with Crippen molar-refractivity contribution in [2.45, 2.75) is 66.0 Å². The van der Waals surface area contributed by atoms with Gasteiger partial charge in [-0.25, -0.2) is 0 Å². The highest BCUT2D eigenvalue weighted by atomic mass is 14.9. The lowest BCUT2D eigenvalue weighted by Crippen LogP contribution is -2.36. The average molecular weight is 261 g/mol. The number of nitrogens with one attached hydrogen (secondary N) is 1. The molecule has 0 spiro atoms. The van der Waals surface area contributed by atoms with Crippen molar-refractivity contribution >= 4 is 0 Å². The van der Waals surface area contributed by atoms with E-state index in [4.69, 9.17) is 0 Å². The predicted molar refractivity (Wildman–Crippen MR) is 78.8 cm³/mol. The molecule has 0 saturated heterocycles. The van der Waals surface area contributed by atoms with E-state index in [2.05, 4.69) is 36.1 Å². The van der Waals surface area contributed by atoms with E-state index in [-0.39, 0.29) is 0 Å².